The molecule has 0 saturated heterocycles. The second-order valence-corrected chi connectivity index (χ2v) is 3.24. The Morgan fingerprint density at radius 2 is 2.20 bits per heavy atom. The molecule has 1 N–H and O–H groups in total. The van der Waals surface area contributed by atoms with E-state index in [0.29, 0.717) is 5.65 Å². The minimum Gasteiger partial charge on any atom is -0.334 e. The van der Waals surface area contributed by atoms with E-state index < -0.39 is 0 Å². The summed E-state index contributed by atoms with van der Waals surface area (Å²) in [6, 6.07) is 0. The summed E-state index contributed by atoms with van der Waals surface area (Å²) in [5.74, 6) is 0.755. The van der Waals surface area contributed by atoms with Crippen molar-refractivity contribution in [2.45, 2.75) is 0 Å². The zero-order valence-corrected chi connectivity index (χ0v) is 8.05. The lowest BCUT2D eigenvalue weighted by atomic mass is 10.4. The van der Waals surface area contributed by atoms with Crippen LogP contribution in [0.15, 0.2) is 25.0 Å². The van der Waals surface area contributed by atoms with Crippen LogP contribution in [0.25, 0.3) is 22.7 Å². The highest BCUT2D eigenvalue weighted by molar-refractivity contribution is 5.73. The number of aryl methyl sites for hydroxylation is 1. The van der Waals surface area contributed by atoms with E-state index >= 15 is 0 Å². The maximum atomic E-state index is 4.35. The maximum absolute atomic E-state index is 4.35. The lowest BCUT2D eigenvalue weighted by Gasteiger charge is -1.95. The molecule has 0 radical (unpaired) electrons. The van der Waals surface area contributed by atoms with Gasteiger partial charge in [0.05, 0.1) is 18.7 Å². The van der Waals surface area contributed by atoms with Gasteiger partial charge in [-0.3, -0.25) is 0 Å². The van der Waals surface area contributed by atoms with Gasteiger partial charge in [0, 0.05) is 7.05 Å². The third-order valence-electron chi connectivity index (χ3n) is 2.22. The average Bonchev–Trinajstić information content (AvgIpc) is 2.82. The molecule has 0 saturated carbocycles. The Balaban J connectivity index is 2.24. The standard InChI is InChI=1S/C9H8N6/c1-15-5-11-3-7(15)9-13-6-2-10-4-12-8(6)14-9/h2-5H,1H3,(H,10,12,13,14). The van der Waals surface area contributed by atoms with Crippen LogP contribution in [-0.4, -0.2) is 29.5 Å². The maximum Gasteiger partial charge on any atom is 0.181 e. The van der Waals surface area contributed by atoms with Gasteiger partial charge >= 0.3 is 0 Å². The van der Waals surface area contributed by atoms with E-state index in [9.17, 15) is 0 Å². The van der Waals surface area contributed by atoms with Crippen LogP contribution in [0.3, 0.4) is 0 Å². The van der Waals surface area contributed by atoms with Gasteiger partial charge in [-0.15, -0.1) is 0 Å². The SMILES string of the molecule is Cn1cncc1-c1nc2ncncc2[nH]1. The summed E-state index contributed by atoms with van der Waals surface area (Å²) in [6.07, 6.45) is 6.67. The summed E-state index contributed by atoms with van der Waals surface area (Å²) in [5.41, 5.74) is 2.42. The van der Waals surface area contributed by atoms with Gasteiger partial charge in [0.25, 0.3) is 0 Å². The molecule has 3 aromatic heterocycles. The molecule has 6 nitrogen and oxygen atoms in total. The number of nitrogens with zero attached hydrogens (tertiary/aromatic N) is 5. The van der Waals surface area contributed by atoms with E-state index in [1.54, 1.807) is 18.7 Å². The minimum atomic E-state index is 0.668. The quantitative estimate of drug-likeness (QED) is 0.629. The third-order valence-corrected chi connectivity index (χ3v) is 2.22. The molecular formula is C9H8N6. The predicted molar refractivity (Wildman–Crippen MR) is 53.9 cm³/mol. The van der Waals surface area contributed by atoms with Crippen molar-refractivity contribution in [2.75, 3.05) is 0 Å². The number of nitrogens with one attached hydrogen (secondary N) is 1. The molecule has 3 heterocycles. The van der Waals surface area contributed by atoms with Gasteiger partial charge < -0.3 is 9.55 Å². The third kappa shape index (κ3) is 1.18. The fraction of sp³-hybridized carbons (Fsp3) is 0.111. The van der Waals surface area contributed by atoms with E-state index in [2.05, 4.69) is 24.9 Å². The molecule has 0 amide bonds. The van der Waals surface area contributed by atoms with Gasteiger partial charge in [0.15, 0.2) is 11.5 Å². The fourth-order valence-corrected chi connectivity index (χ4v) is 1.47. The Kier molecular flexibility index (Phi) is 1.55. The van der Waals surface area contributed by atoms with Crippen molar-refractivity contribution in [3.05, 3.63) is 25.0 Å². The summed E-state index contributed by atoms with van der Waals surface area (Å²) < 4.78 is 1.89. The molecule has 0 spiro atoms. The molecule has 0 aliphatic rings. The molecule has 0 atom stereocenters. The molecule has 0 fully saturated rings. The highest BCUT2D eigenvalue weighted by Gasteiger charge is 2.08. The summed E-state index contributed by atoms with van der Waals surface area (Å²) in [6.45, 7) is 0. The average molecular weight is 200 g/mol. The van der Waals surface area contributed by atoms with Gasteiger partial charge in [0.2, 0.25) is 0 Å². The molecule has 0 unspecified atom stereocenters. The van der Waals surface area contributed by atoms with Crippen molar-refractivity contribution in [3.63, 3.8) is 0 Å². The van der Waals surface area contributed by atoms with Crippen LogP contribution < -0.4 is 0 Å². The van der Waals surface area contributed by atoms with E-state index in [1.807, 2.05) is 11.6 Å². The topological polar surface area (TPSA) is 72.3 Å². The predicted octanol–water partition coefficient (Wildman–Crippen LogP) is 0.753. The minimum absolute atomic E-state index is 0.668. The smallest absolute Gasteiger partial charge is 0.181 e. The van der Waals surface area contributed by atoms with Crippen molar-refractivity contribution < 1.29 is 0 Å². The molecule has 0 aromatic carbocycles. The number of fused-ring (bicyclic) bond motifs is 1. The lowest BCUT2D eigenvalue weighted by molar-refractivity contribution is 0.913. The van der Waals surface area contributed by atoms with Gasteiger partial charge in [-0.2, -0.15) is 0 Å². The van der Waals surface area contributed by atoms with Crippen LogP contribution in [0.4, 0.5) is 0 Å². The molecule has 0 aliphatic carbocycles. The van der Waals surface area contributed by atoms with Crippen LogP contribution in [0.2, 0.25) is 0 Å². The largest absolute Gasteiger partial charge is 0.334 e. The number of imidazole rings is 2. The molecule has 0 aliphatic heterocycles. The zero-order chi connectivity index (χ0) is 10.3. The molecule has 0 bridgehead atoms. The van der Waals surface area contributed by atoms with Gasteiger partial charge in [-0.1, -0.05) is 0 Å². The van der Waals surface area contributed by atoms with Gasteiger partial charge in [0.1, 0.15) is 17.5 Å². The molecule has 74 valence electrons. The first kappa shape index (κ1) is 8.10. The highest BCUT2D eigenvalue weighted by atomic mass is 15.1. The number of rotatable bonds is 1. The fourth-order valence-electron chi connectivity index (χ4n) is 1.47. The monoisotopic (exact) mass is 200 g/mol. The normalized spacial score (nSPS) is 11.0. The highest BCUT2D eigenvalue weighted by Crippen LogP contribution is 2.16. The van der Waals surface area contributed by atoms with Crippen molar-refractivity contribution in [3.8, 4) is 11.5 Å². The Bertz CT molecular complexity index is 575. The zero-order valence-electron chi connectivity index (χ0n) is 8.05. The van der Waals surface area contributed by atoms with Crippen LogP contribution in [-0.2, 0) is 7.05 Å². The Morgan fingerprint density at radius 3 is 2.93 bits per heavy atom. The second-order valence-electron chi connectivity index (χ2n) is 3.24. The van der Waals surface area contributed by atoms with Crippen molar-refractivity contribution >= 4 is 11.2 Å². The first-order chi connectivity index (χ1) is 7.34. The van der Waals surface area contributed by atoms with Crippen molar-refractivity contribution in [1.29, 1.82) is 0 Å². The number of hydrogen-bond donors (Lipinski definition) is 1. The van der Waals surface area contributed by atoms with Crippen LogP contribution in [0, 0.1) is 0 Å². The second kappa shape index (κ2) is 2.88. The molecule has 15 heavy (non-hydrogen) atoms. The molecule has 3 aromatic rings. The van der Waals surface area contributed by atoms with Crippen LogP contribution >= 0.6 is 0 Å². The van der Waals surface area contributed by atoms with E-state index in [0.717, 1.165) is 17.0 Å². The lowest BCUT2D eigenvalue weighted by Crippen LogP contribution is -1.90. The molecular weight excluding hydrogens is 192 g/mol. The van der Waals surface area contributed by atoms with E-state index in [-0.39, 0.29) is 0 Å². The van der Waals surface area contributed by atoms with E-state index in [4.69, 9.17) is 0 Å². The Labute approximate surface area is 85.0 Å². The Morgan fingerprint density at radius 1 is 1.27 bits per heavy atom. The Hall–Kier alpha value is -2.24. The van der Waals surface area contributed by atoms with E-state index in [1.165, 1.54) is 6.33 Å². The first-order valence-corrected chi connectivity index (χ1v) is 4.47. The molecule has 6 heteroatoms. The van der Waals surface area contributed by atoms with Gasteiger partial charge in [-0.05, 0) is 0 Å². The number of aromatic amines is 1. The first-order valence-electron chi connectivity index (χ1n) is 4.47. The summed E-state index contributed by atoms with van der Waals surface area (Å²) in [7, 11) is 1.92. The van der Waals surface area contributed by atoms with Crippen molar-refractivity contribution in [1.82, 2.24) is 29.5 Å². The summed E-state index contributed by atoms with van der Waals surface area (Å²) >= 11 is 0. The van der Waals surface area contributed by atoms with Crippen LogP contribution in [0.5, 0.6) is 0 Å². The molecule has 3 rings (SSSR count). The number of H-pyrrole nitrogens is 1. The summed E-state index contributed by atoms with van der Waals surface area (Å²) in [4.78, 5) is 19.5. The van der Waals surface area contributed by atoms with Crippen LogP contribution in [0.1, 0.15) is 0 Å². The van der Waals surface area contributed by atoms with Crippen molar-refractivity contribution in [2.24, 2.45) is 7.05 Å². The number of hydrogen-bond acceptors (Lipinski definition) is 4. The van der Waals surface area contributed by atoms with Gasteiger partial charge in [-0.25, -0.2) is 19.9 Å². The number of aromatic nitrogens is 6. The summed E-state index contributed by atoms with van der Waals surface area (Å²) in [5, 5.41) is 0.